The van der Waals surface area contributed by atoms with Gasteiger partial charge in [-0.15, -0.1) is 0 Å². The summed E-state index contributed by atoms with van der Waals surface area (Å²) in [6.45, 7) is 4.81. The van der Waals surface area contributed by atoms with Crippen LogP contribution in [0.15, 0.2) is 35.9 Å². The van der Waals surface area contributed by atoms with Crippen LogP contribution in [0.1, 0.15) is 25.3 Å². The molecule has 1 aliphatic rings. The molecule has 0 bridgehead atoms. The van der Waals surface area contributed by atoms with E-state index in [9.17, 15) is 10.1 Å². The summed E-state index contributed by atoms with van der Waals surface area (Å²) in [4.78, 5) is 18.9. The Hall–Kier alpha value is -1.99. The van der Waals surface area contributed by atoms with Gasteiger partial charge in [0, 0.05) is 25.4 Å². The van der Waals surface area contributed by atoms with Gasteiger partial charge in [-0.3, -0.25) is 25.7 Å². The lowest BCUT2D eigenvalue weighted by molar-refractivity contribution is -0.433. The molecule has 114 valence electrons. The molecular weight excluding hydrogens is 270 g/mol. The molecule has 0 amide bonds. The summed E-state index contributed by atoms with van der Waals surface area (Å²) in [5, 5.41) is 11.5. The number of hydrogen-bond acceptors (Lipinski definition) is 6. The Morgan fingerprint density at radius 3 is 2.86 bits per heavy atom. The van der Waals surface area contributed by atoms with Crippen molar-refractivity contribution in [3.05, 3.63) is 51.6 Å². The monoisotopic (exact) mass is 291 g/mol. The van der Waals surface area contributed by atoms with Crippen molar-refractivity contribution < 1.29 is 4.92 Å². The predicted molar refractivity (Wildman–Crippen MR) is 79.7 cm³/mol. The van der Waals surface area contributed by atoms with Gasteiger partial charge in [-0.25, -0.2) is 0 Å². The Bertz CT molecular complexity index is 546. The second-order valence-corrected chi connectivity index (χ2v) is 5.18. The molecule has 0 aromatic carbocycles. The van der Waals surface area contributed by atoms with E-state index in [1.807, 2.05) is 30.9 Å². The van der Waals surface area contributed by atoms with Gasteiger partial charge in [0.05, 0.1) is 17.2 Å². The molecule has 0 saturated heterocycles. The van der Waals surface area contributed by atoms with Gasteiger partial charge in [0.1, 0.15) is 6.29 Å². The normalized spacial score (nSPS) is 21.5. The van der Waals surface area contributed by atoms with Crippen LogP contribution in [-0.2, 0) is 0 Å². The maximum absolute atomic E-state index is 11.5. The summed E-state index contributed by atoms with van der Waals surface area (Å²) in [6, 6.07) is 3.76. The number of likely N-dealkylation sites (N-methyl/N-ethyl adjacent to an activating group) is 2. The van der Waals surface area contributed by atoms with Gasteiger partial charge in [0.25, 0.3) is 5.70 Å². The van der Waals surface area contributed by atoms with E-state index >= 15 is 0 Å². The zero-order chi connectivity index (χ0) is 15.6. The standard InChI is InChI=1S/C14H21N5O2/c1-4-18-9-12(19(20)21)13(17(3)14(18)15)10(2)11-6-5-7-16-8-11/h5-8,10,14H,4,9,15H2,1-3H3. The zero-order valence-corrected chi connectivity index (χ0v) is 12.6. The molecule has 21 heavy (non-hydrogen) atoms. The number of aromatic nitrogens is 1. The van der Waals surface area contributed by atoms with Crippen molar-refractivity contribution in [3.8, 4) is 0 Å². The largest absolute Gasteiger partial charge is 0.344 e. The molecule has 2 N–H and O–H groups in total. The van der Waals surface area contributed by atoms with Gasteiger partial charge < -0.3 is 4.90 Å². The Morgan fingerprint density at radius 1 is 1.62 bits per heavy atom. The van der Waals surface area contributed by atoms with Gasteiger partial charge >= 0.3 is 0 Å². The Balaban J connectivity index is 2.47. The summed E-state index contributed by atoms with van der Waals surface area (Å²) in [7, 11) is 1.80. The van der Waals surface area contributed by atoms with Crippen molar-refractivity contribution in [2.24, 2.45) is 5.73 Å². The van der Waals surface area contributed by atoms with E-state index in [1.165, 1.54) is 0 Å². The molecule has 1 aromatic rings. The van der Waals surface area contributed by atoms with Gasteiger partial charge in [-0.2, -0.15) is 0 Å². The molecule has 1 aliphatic heterocycles. The van der Waals surface area contributed by atoms with E-state index in [2.05, 4.69) is 4.98 Å². The molecule has 2 heterocycles. The number of hydrogen-bond donors (Lipinski definition) is 1. The number of nitrogens with two attached hydrogens (primary N) is 1. The first-order valence-electron chi connectivity index (χ1n) is 6.97. The maximum Gasteiger partial charge on any atom is 0.279 e. The Kier molecular flexibility index (Phi) is 4.54. The molecular formula is C14H21N5O2. The fourth-order valence-electron chi connectivity index (χ4n) is 2.75. The first-order chi connectivity index (χ1) is 9.97. The van der Waals surface area contributed by atoms with E-state index in [-0.39, 0.29) is 29.4 Å². The van der Waals surface area contributed by atoms with Crippen molar-refractivity contribution in [1.29, 1.82) is 0 Å². The summed E-state index contributed by atoms with van der Waals surface area (Å²) in [5.41, 5.74) is 7.99. The number of nitrogens with zero attached hydrogens (tertiary/aromatic N) is 4. The third-order valence-electron chi connectivity index (χ3n) is 4.02. The SMILES string of the molecule is CCN1CC([N+](=O)[O-])=C(C(C)c2cccnc2)N(C)C1N. The van der Waals surface area contributed by atoms with Crippen LogP contribution in [-0.4, -0.2) is 46.1 Å². The molecule has 0 radical (unpaired) electrons. The quantitative estimate of drug-likeness (QED) is 0.662. The van der Waals surface area contributed by atoms with Crippen LogP contribution in [0.5, 0.6) is 0 Å². The van der Waals surface area contributed by atoms with Gasteiger partial charge in [-0.1, -0.05) is 19.9 Å². The molecule has 7 nitrogen and oxygen atoms in total. The molecule has 2 rings (SSSR count). The van der Waals surface area contributed by atoms with Crippen LogP contribution >= 0.6 is 0 Å². The van der Waals surface area contributed by atoms with Crippen LogP contribution in [0.25, 0.3) is 0 Å². The van der Waals surface area contributed by atoms with Crippen LogP contribution in [0.2, 0.25) is 0 Å². The second-order valence-electron chi connectivity index (χ2n) is 5.18. The minimum atomic E-state index is -0.354. The van der Waals surface area contributed by atoms with E-state index in [4.69, 9.17) is 5.73 Å². The molecule has 2 atom stereocenters. The van der Waals surface area contributed by atoms with E-state index in [1.54, 1.807) is 24.3 Å². The van der Waals surface area contributed by atoms with Crippen molar-refractivity contribution in [2.45, 2.75) is 26.1 Å². The predicted octanol–water partition coefficient (Wildman–Crippen LogP) is 1.18. The van der Waals surface area contributed by atoms with Crippen molar-refractivity contribution in [1.82, 2.24) is 14.8 Å². The van der Waals surface area contributed by atoms with Crippen LogP contribution < -0.4 is 5.73 Å². The third kappa shape index (κ3) is 2.88. The molecule has 0 fully saturated rings. The lowest BCUT2D eigenvalue weighted by Crippen LogP contribution is -2.57. The number of nitro groups is 1. The second kappa shape index (κ2) is 6.19. The number of allylic oxidation sites excluding steroid dienone is 1. The molecule has 0 spiro atoms. The van der Waals surface area contributed by atoms with Gasteiger partial charge in [-0.05, 0) is 18.2 Å². The van der Waals surface area contributed by atoms with Crippen molar-refractivity contribution in [2.75, 3.05) is 20.1 Å². The molecule has 7 heteroatoms. The minimum absolute atomic E-state index is 0.130. The third-order valence-corrected chi connectivity index (χ3v) is 4.02. The average molecular weight is 291 g/mol. The van der Waals surface area contributed by atoms with E-state index in [0.717, 1.165) is 5.56 Å². The smallest absolute Gasteiger partial charge is 0.279 e. The van der Waals surface area contributed by atoms with Gasteiger partial charge in [0.15, 0.2) is 0 Å². The summed E-state index contributed by atoms with van der Waals surface area (Å²) in [6.07, 6.45) is 3.07. The zero-order valence-electron chi connectivity index (χ0n) is 12.6. The Morgan fingerprint density at radius 2 is 2.33 bits per heavy atom. The summed E-state index contributed by atoms with van der Waals surface area (Å²) >= 11 is 0. The average Bonchev–Trinajstić information content (AvgIpc) is 2.49. The lowest BCUT2D eigenvalue weighted by atomic mass is 9.95. The summed E-state index contributed by atoms with van der Waals surface area (Å²) in [5.74, 6) is -0.130. The molecule has 1 aromatic heterocycles. The highest BCUT2D eigenvalue weighted by Crippen LogP contribution is 2.32. The van der Waals surface area contributed by atoms with E-state index in [0.29, 0.717) is 12.2 Å². The highest BCUT2D eigenvalue weighted by atomic mass is 16.6. The van der Waals surface area contributed by atoms with Crippen molar-refractivity contribution >= 4 is 0 Å². The van der Waals surface area contributed by atoms with Crippen molar-refractivity contribution in [3.63, 3.8) is 0 Å². The first kappa shape index (κ1) is 15.4. The first-order valence-corrected chi connectivity index (χ1v) is 6.97. The lowest BCUT2D eigenvalue weighted by Gasteiger charge is -2.41. The van der Waals surface area contributed by atoms with Gasteiger partial charge in [0.2, 0.25) is 0 Å². The van der Waals surface area contributed by atoms with Crippen LogP contribution in [0.4, 0.5) is 0 Å². The van der Waals surface area contributed by atoms with Crippen LogP contribution in [0.3, 0.4) is 0 Å². The highest BCUT2D eigenvalue weighted by molar-refractivity contribution is 5.28. The number of pyridine rings is 1. The van der Waals surface area contributed by atoms with E-state index < -0.39 is 0 Å². The Labute approximate surface area is 124 Å². The fraction of sp³-hybridized carbons (Fsp3) is 0.500. The molecule has 2 unspecified atom stereocenters. The molecule has 0 saturated carbocycles. The fourth-order valence-corrected chi connectivity index (χ4v) is 2.75. The topological polar surface area (TPSA) is 88.5 Å². The van der Waals surface area contributed by atoms with Crippen LogP contribution in [0, 0.1) is 10.1 Å². The molecule has 0 aliphatic carbocycles. The summed E-state index contributed by atoms with van der Waals surface area (Å²) < 4.78 is 0. The highest BCUT2D eigenvalue weighted by Gasteiger charge is 2.37. The minimum Gasteiger partial charge on any atom is -0.344 e. The number of rotatable bonds is 4. The maximum atomic E-state index is 11.5.